The van der Waals surface area contributed by atoms with Crippen LogP contribution in [-0.4, -0.2) is 21.7 Å². The quantitative estimate of drug-likeness (QED) is 0.794. The highest BCUT2D eigenvalue weighted by atomic mass is 35.5. The third-order valence-electron chi connectivity index (χ3n) is 2.93. The second kappa shape index (κ2) is 4.64. The summed E-state index contributed by atoms with van der Waals surface area (Å²) in [5.41, 5.74) is 0.891. The van der Waals surface area contributed by atoms with Crippen molar-refractivity contribution in [3.63, 3.8) is 0 Å². The molecule has 3 rings (SSSR count). The zero-order valence-electron chi connectivity index (χ0n) is 10.0. The van der Waals surface area contributed by atoms with Gasteiger partial charge in [0, 0.05) is 0 Å². The highest BCUT2D eigenvalue weighted by molar-refractivity contribution is 6.52. The number of rotatable bonds is 2. The van der Waals surface area contributed by atoms with E-state index in [0.29, 0.717) is 5.69 Å². The van der Waals surface area contributed by atoms with Crippen LogP contribution < -0.4 is 4.90 Å². The van der Waals surface area contributed by atoms with Crippen LogP contribution >= 0.6 is 11.6 Å². The first-order valence-electron chi connectivity index (χ1n) is 5.68. The Morgan fingerprint density at radius 1 is 1.20 bits per heavy atom. The maximum Gasteiger partial charge on any atom is 0.299 e. The minimum Gasteiger partial charge on any atom is -0.299 e. The van der Waals surface area contributed by atoms with Crippen LogP contribution in [0.4, 0.5) is 10.1 Å². The molecule has 0 saturated heterocycles. The Morgan fingerprint density at radius 2 is 2.00 bits per heavy atom. The zero-order valence-corrected chi connectivity index (χ0v) is 10.8. The SMILES string of the molecule is O=C1C(=O)N(Cc2cnc(Cl)cn2)c2cc(F)ccc21. The lowest BCUT2D eigenvalue weighted by molar-refractivity contribution is -0.114. The molecule has 1 aromatic heterocycles. The maximum absolute atomic E-state index is 13.3. The van der Waals surface area contributed by atoms with E-state index < -0.39 is 17.5 Å². The monoisotopic (exact) mass is 291 g/mol. The van der Waals surface area contributed by atoms with E-state index >= 15 is 0 Å². The number of halogens is 2. The van der Waals surface area contributed by atoms with E-state index in [2.05, 4.69) is 9.97 Å². The average molecular weight is 292 g/mol. The lowest BCUT2D eigenvalue weighted by Gasteiger charge is -2.15. The Bertz CT molecular complexity index is 718. The summed E-state index contributed by atoms with van der Waals surface area (Å²) in [5, 5.41) is 0.226. The Hall–Kier alpha value is -2.34. The number of nitrogens with zero attached hydrogens (tertiary/aromatic N) is 3. The van der Waals surface area contributed by atoms with Crippen molar-refractivity contribution in [1.82, 2.24) is 9.97 Å². The number of carbonyl (C=O) groups is 2. The number of anilines is 1. The highest BCUT2D eigenvalue weighted by Gasteiger charge is 2.36. The molecule has 100 valence electrons. The summed E-state index contributed by atoms with van der Waals surface area (Å²) < 4.78 is 13.3. The smallest absolute Gasteiger partial charge is 0.299 e. The lowest BCUT2D eigenvalue weighted by atomic mass is 10.1. The van der Waals surface area contributed by atoms with Crippen LogP contribution in [0.15, 0.2) is 30.6 Å². The molecule has 20 heavy (non-hydrogen) atoms. The summed E-state index contributed by atoms with van der Waals surface area (Å²) >= 11 is 5.62. The van der Waals surface area contributed by atoms with E-state index in [1.54, 1.807) is 0 Å². The molecular weight excluding hydrogens is 285 g/mol. The minimum atomic E-state index is -0.706. The van der Waals surface area contributed by atoms with Gasteiger partial charge in [0.05, 0.1) is 35.9 Å². The third-order valence-corrected chi connectivity index (χ3v) is 3.12. The summed E-state index contributed by atoms with van der Waals surface area (Å²) in [6, 6.07) is 3.61. The van der Waals surface area contributed by atoms with Gasteiger partial charge in [-0.3, -0.25) is 19.5 Å². The van der Waals surface area contributed by atoms with Gasteiger partial charge in [0.15, 0.2) is 0 Å². The average Bonchev–Trinajstić information content (AvgIpc) is 2.66. The van der Waals surface area contributed by atoms with Crippen LogP contribution in [0.5, 0.6) is 0 Å². The van der Waals surface area contributed by atoms with Gasteiger partial charge in [0.1, 0.15) is 11.0 Å². The number of ketones is 1. The highest BCUT2D eigenvalue weighted by Crippen LogP contribution is 2.30. The van der Waals surface area contributed by atoms with Gasteiger partial charge in [-0.2, -0.15) is 0 Å². The Labute approximate surface area is 118 Å². The minimum absolute atomic E-state index is 0.0329. The summed E-state index contributed by atoms with van der Waals surface area (Å²) in [6.45, 7) is 0.0329. The summed E-state index contributed by atoms with van der Waals surface area (Å²) in [5.74, 6) is -1.87. The molecule has 0 radical (unpaired) electrons. The molecule has 0 spiro atoms. The molecule has 1 aromatic carbocycles. The van der Waals surface area contributed by atoms with E-state index in [4.69, 9.17) is 11.6 Å². The van der Waals surface area contributed by atoms with E-state index in [0.717, 1.165) is 12.1 Å². The van der Waals surface area contributed by atoms with Crippen molar-refractivity contribution in [2.24, 2.45) is 0 Å². The molecule has 7 heteroatoms. The first kappa shape index (κ1) is 12.7. The summed E-state index contributed by atoms with van der Waals surface area (Å²) in [7, 11) is 0. The number of hydrogen-bond donors (Lipinski definition) is 0. The van der Waals surface area contributed by atoms with Gasteiger partial charge in [-0.15, -0.1) is 0 Å². The Kier molecular flexibility index (Phi) is 2.94. The second-order valence-corrected chi connectivity index (χ2v) is 4.60. The molecule has 5 nitrogen and oxygen atoms in total. The van der Waals surface area contributed by atoms with Crippen LogP contribution in [0.25, 0.3) is 0 Å². The van der Waals surface area contributed by atoms with Gasteiger partial charge < -0.3 is 0 Å². The fraction of sp³-hybridized carbons (Fsp3) is 0.0769. The van der Waals surface area contributed by atoms with Crippen LogP contribution in [0.1, 0.15) is 16.1 Å². The number of hydrogen-bond acceptors (Lipinski definition) is 4. The molecular formula is C13H7ClFN3O2. The largest absolute Gasteiger partial charge is 0.299 e. The number of amides is 1. The fourth-order valence-corrected chi connectivity index (χ4v) is 2.10. The number of benzene rings is 1. The number of fused-ring (bicyclic) bond motifs is 1. The van der Waals surface area contributed by atoms with Gasteiger partial charge in [0.2, 0.25) is 0 Å². The molecule has 0 N–H and O–H groups in total. The third kappa shape index (κ3) is 2.04. The molecule has 0 saturated carbocycles. The predicted molar refractivity (Wildman–Crippen MR) is 69.0 cm³/mol. The Morgan fingerprint density at radius 3 is 2.70 bits per heavy atom. The lowest BCUT2D eigenvalue weighted by Crippen LogP contribution is -2.29. The van der Waals surface area contributed by atoms with E-state index in [-0.39, 0.29) is 22.9 Å². The van der Waals surface area contributed by atoms with Crippen molar-refractivity contribution in [3.8, 4) is 0 Å². The molecule has 1 aliphatic heterocycles. The normalized spacial score (nSPS) is 13.8. The van der Waals surface area contributed by atoms with Gasteiger partial charge in [-0.1, -0.05) is 11.6 Å². The van der Waals surface area contributed by atoms with Crippen molar-refractivity contribution >= 4 is 29.0 Å². The molecule has 1 aliphatic rings. The van der Waals surface area contributed by atoms with Crippen LogP contribution in [-0.2, 0) is 11.3 Å². The van der Waals surface area contributed by atoms with Crippen molar-refractivity contribution in [1.29, 1.82) is 0 Å². The molecule has 0 atom stereocenters. The molecule has 0 unspecified atom stereocenters. The van der Waals surface area contributed by atoms with Crippen molar-refractivity contribution in [3.05, 3.63) is 52.8 Å². The summed E-state index contributed by atoms with van der Waals surface area (Å²) in [4.78, 5) is 32.7. The first-order chi connectivity index (χ1) is 9.56. The topological polar surface area (TPSA) is 63.2 Å². The standard InChI is InChI=1S/C13H7ClFN3O2/c14-11-5-16-8(4-17-11)6-18-10-3-7(15)1-2-9(10)12(19)13(18)20/h1-5H,6H2. The molecule has 0 aliphatic carbocycles. The van der Waals surface area contributed by atoms with Crippen LogP contribution in [0.2, 0.25) is 5.15 Å². The van der Waals surface area contributed by atoms with Gasteiger partial charge >= 0.3 is 0 Å². The number of aromatic nitrogens is 2. The van der Waals surface area contributed by atoms with Gasteiger partial charge in [-0.25, -0.2) is 9.37 Å². The van der Waals surface area contributed by atoms with Crippen molar-refractivity contribution in [2.45, 2.75) is 6.54 Å². The van der Waals surface area contributed by atoms with Gasteiger partial charge in [0.25, 0.3) is 11.7 Å². The molecule has 0 fully saturated rings. The molecule has 0 bridgehead atoms. The van der Waals surface area contributed by atoms with Crippen molar-refractivity contribution in [2.75, 3.05) is 4.90 Å². The second-order valence-electron chi connectivity index (χ2n) is 4.21. The van der Waals surface area contributed by atoms with E-state index in [1.165, 1.54) is 23.4 Å². The Balaban J connectivity index is 1.98. The van der Waals surface area contributed by atoms with E-state index in [1.807, 2.05) is 0 Å². The predicted octanol–water partition coefficient (Wildman–Crippen LogP) is 2.00. The van der Waals surface area contributed by atoms with Crippen LogP contribution in [0.3, 0.4) is 0 Å². The van der Waals surface area contributed by atoms with E-state index in [9.17, 15) is 14.0 Å². The zero-order chi connectivity index (χ0) is 14.3. The molecule has 2 aromatic rings. The molecule has 2 heterocycles. The fourth-order valence-electron chi connectivity index (χ4n) is 2.01. The number of Topliss-reactive ketones (excluding diaryl/α,β-unsaturated/α-hetero) is 1. The van der Waals surface area contributed by atoms with Crippen LogP contribution in [0, 0.1) is 5.82 Å². The van der Waals surface area contributed by atoms with Crippen molar-refractivity contribution < 1.29 is 14.0 Å². The summed E-state index contributed by atoms with van der Waals surface area (Å²) in [6.07, 6.45) is 2.74. The number of carbonyl (C=O) groups excluding carboxylic acids is 2. The van der Waals surface area contributed by atoms with Gasteiger partial charge in [-0.05, 0) is 18.2 Å². The first-order valence-corrected chi connectivity index (χ1v) is 6.06. The molecule has 1 amide bonds. The maximum atomic E-state index is 13.3.